The van der Waals surface area contributed by atoms with Crippen molar-refractivity contribution in [3.8, 4) is 0 Å². The van der Waals surface area contributed by atoms with Crippen LogP contribution in [0.25, 0.3) is 0 Å². The fourth-order valence-corrected chi connectivity index (χ4v) is 2.86. The van der Waals surface area contributed by atoms with E-state index in [0.29, 0.717) is 25.3 Å². The minimum absolute atomic E-state index is 0. The summed E-state index contributed by atoms with van der Waals surface area (Å²) in [6.45, 7) is 6.36. The SMILES string of the molecule is CC1(C)NC(=O)N(CCCC(=O)NCC2CCCNC2)C1=O.Cl. The number of urea groups is 1. The first-order valence-corrected chi connectivity index (χ1v) is 8.01. The summed E-state index contributed by atoms with van der Waals surface area (Å²) in [5.41, 5.74) is -0.840. The third-order valence-electron chi connectivity index (χ3n) is 4.22. The van der Waals surface area contributed by atoms with Gasteiger partial charge in [0.2, 0.25) is 5.91 Å². The van der Waals surface area contributed by atoms with Gasteiger partial charge in [-0.15, -0.1) is 12.4 Å². The number of hydrogen-bond donors (Lipinski definition) is 3. The molecule has 2 aliphatic heterocycles. The minimum Gasteiger partial charge on any atom is -0.356 e. The molecule has 132 valence electrons. The second kappa shape index (κ2) is 8.49. The molecule has 0 aromatic rings. The van der Waals surface area contributed by atoms with Gasteiger partial charge in [-0.05, 0) is 52.1 Å². The Labute approximate surface area is 143 Å². The number of imide groups is 1. The molecule has 8 heteroatoms. The molecule has 0 aromatic heterocycles. The van der Waals surface area contributed by atoms with Crippen molar-refractivity contribution >= 4 is 30.3 Å². The lowest BCUT2D eigenvalue weighted by molar-refractivity contribution is -0.130. The van der Waals surface area contributed by atoms with Crippen molar-refractivity contribution in [2.24, 2.45) is 5.92 Å². The summed E-state index contributed by atoms with van der Waals surface area (Å²) >= 11 is 0. The number of carbonyl (C=O) groups excluding carboxylic acids is 3. The zero-order valence-electron chi connectivity index (χ0n) is 13.8. The van der Waals surface area contributed by atoms with E-state index in [9.17, 15) is 14.4 Å². The zero-order chi connectivity index (χ0) is 16.2. The normalized spacial score (nSPS) is 23.2. The highest BCUT2D eigenvalue weighted by molar-refractivity contribution is 6.06. The number of hydrogen-bond acceptors (Lipinski definition) is 4. The summed E-state index contributed by atoms with van der Waals surface area (Å²) in [5.74, 6) is 0.257. The lowest BCUT2D eigenvalue weighted by atomic mass is 10.00. The first-order chi connectivity index (χ1) is 10.4. The van der Waals surface area contributed by atoms with Gasteiger partial charge in [0, 0.05) is 19.5 Å². The van der Waals surface area contributed by atoms with Crippen molar-refractivity contribution in [1.82, 2.24) is 20.9 Å². The maximum absolute atomic E-state index is 12.0. The van der Waals surface area contributed by atoms with Crippen molar-refractivity contribution in [1.29, 1.82) is 0 Å². The average molecular weight is 347 g/mol. The summed E-state index contributed by atoms with van der Waals surface area (Å²) in [6.07, 6.45) is 3.12. The predicted octanol–water partition coefficient (Wildman–Crippen LogP) is 0.635. The number of nitrogens with zero attached hydrogens (tertiary/aromatic N) is 1. The van der Waals surface area contributed by atoms with Crippen LogP contribution >= 0.6 is 12.4 Å². The van der Waals surface area contributed by atoms with Crippen LogP contribution in [-0.2, 0) is 9.59 Å². The van der Waals surface area contributed by atoms with Crippen LogP contribution in [0.15, 0.2) is 0 Å². The molecular weight excluding hydrogens is 320 g/mol. The fraction of sp³-hybridized carbons (Fsp3) is 0.800. The molecule has 23 heavy (non-hydrogen) atoms. The van der Waals surface area contributed by atoms with E-state index in [4.69, 9.17) is 0 Å². The van der Waals surface area contributed by atoms with E-state index < -0.39 is 5.54 Å². The molecule has 0 bridgehead atoms. The van der Waals surface area contributed by atoms with Gasteiger partial charge in [0.05, 0.1) is 0 Å². The van der Waals surface area contributed by atoms with Gasteiger partial charge in [0.1, 0.15) is 5.54 Å². The van der Waals surface area contributed by atoms with E-state index in [1.807, 2.05) is 0 Å². The lowest BCUT2D eigenvalue weighted by Gasteiger charge is -2.22. The lowest BCUT2D eigenvalue weighted by Crippen LogP contribution is -2.40. The first-order valence-electron chi connectivity index (χ1n) is 8.01. The predicted molar refractivity (Wildman–Crippen MR) is 89.4 cm³/mol. The number of nitrogens with one attached hydrogen (secondary N) is 3. The minimum atomic E-state index is -0.840. The van der Waals surface area contributed by atoms with Crippen LogP contribution in [0.1, 0.15) is 39.5 Å². The molecule has 7 nitrogen and oxygen atoms in total. The van der Waals surface area contributed by atoms with Gasteiger partial charge in [-0.1, -0.05) is 0 Å². The number of amides is 4. The van der Waals surface area contributed by atoms with E-state index in [1.165, 1.54) is 4.90 Å². The molecular formula is C15H27ClN4O3. The largest absolute Gasteiger partial charge is 0.356 e. The molecule has 4 amide bonds. The van der Waals surface area contributed by atoms with Crippen molar-refractivity contribution in [3.05, 3.63) is 0 Å². The zero-order valence-corrected chi connectivity index (χ0v) is 14.6. The highest BCUT2D eigenvalue weighted by Gasteiger charge is 2.43. The second-order valence-electron chi connectivity index (χ2n) is 6.63. The molecule has 0 aliphatic carbocycles. The monoisotopic (exact) mass is 346 g/mol. The molecule has 1 unspecified atom stereocenters. The molecule has 2 fully saturated rings. The standard InChI is InChI=1S/C15H26N4O3.ClH/c1-15(2)13(21)19(14(22)18-15)8-4-6-12(20)17-10-11-5-3-7-16-9-11;/h11,16H,3-10H2,1-2H3,(H,17,20)(H,18,22);1H. The number of carbonyl (C=O) groups is 3. The van der Waals surface area contributed by atoms with Crippen LogP contribution in [0.3, 0.4) is 0 Å². The van der Waals surface area contributed by atoms with Crippen molar-refractivity contribution in [2.45, 2.75) is 45.1 Å². The Morgan fingerprint density at radius 1 is 1.39 bits per heavy atom. The molecule has 1 atom stereocenters. The third-order valence-corrected chi connectivity index (χ3v) is 4.22. The van der Waals surface area contributed by atoms with Crippen LogP contribution in [-0.4, -0.2) is 54.5 Å². The smallest absolute Gasteiger partial charge is 0.325 e. The van der Waals surface area contributed by atoms with Gasteiger partial charge in [-0.2, -0.15) is 0 Å². The van der Waals surface area contributed by atoms with Gasteiger partial charge in [0.15, 0.2) is 0 Å². The molecule has 0 aromatic carbocycles. The van der Waals surface area contributed by atoms with Crippen molar-refractivity contribution in [3.63, 3.8) is 0 Å². The Morgan fingerprint density at radius 3 is 2.70 bits per heavy atom. The van der Waals surface area contributed by atoms with E-state index in [1.54, 1.807) is 13.8 Å². The summed E-state index contributed by atoms with van der Waals surface area (Å²) < 4.78 is 0. The second-order valence-corrected chi connectivity index (χ2v) is 6.63. The van der Waals surface area contributed by atoms with E-state index in [2.05, 4.69) is 16.0 Å². The molecule has 2 heterocycles. The Kier molecular flexibility index (Phi) is 7.28. The first kappa shape index (κ1) is 19.7. The molecule has 0 saturated carbocycles. The molecule has 2 rings (SSSR count). The number of halogens is 1. The Bertz CT molecular complexity index is 450. The maximum atomic E-state index is 12.0. The summed E-state index contributed by atoms with van der Waals surface area (Å²) in [7, 11) is 0. The van der Waals surface area contributed by atoms with Crippen LogP contribution in [0.2, 0.25) is 0 Å². The molecule has 0 spiro atoms. The van der Waals surface area contributed by atoms with Crippen LogP contribution in [0.5, 0.6) is 0 Å². The average Bonchev–Trinajstić information content (AvgIpc) is 2.68. The van der Waals surface area contributed by atoms with E-state index >= 15 is 0 Å². The number of rotatable bonds is 6. The van der Waals surface area contributed by atoms with Crippen molar-refractivity contribution in [2.75, 3.05) is 26.2 Å². The molecule has 2 saturated heterocycles. The van der Waals surface area contributed by atoms with E-state index in [-0.39, 0.29) is 36.8 Å². The topological polar surface area (TPSA) is 90.5 Å². The van der Waals surface area contributed by atoms with Gasteiger partial charge in [-0.25, -0.2) is 4.79 Å². The molecule has 3 N–H and O–H groups in total. The molecule has 2 aliphatic rings. The summed E-state index contributed by atoms with van der Waals surface area (Å²) in [4.78, 5) is 36.7. The van der Waals surface area contributed by atoms with Gasteiger partial charge in [-0.3, -0.25) is 14.5 Å². The van der Waals surface area contributed by atoms with Crippen LogP contribution in [0, 0.1) is 5.92 Å². The third kappa shape index (κ3) is 5.35. The van der Waals surface area contributed by atoms with Crippen LogP contribution in [0.4, 0.5) is 4.79 Å². The Balaban J connectivity index is 0.00000264. The summed E-state index contributed by atoms with van der Waals surface area (Å²) in [5, 5.41) is 8.88. The van der Waals surface area contributed by atoms with Gasteiger partial charge < -0.3 is 16.0 Å². The summed E-state index contributed by atoms with van der Waals surface area (Å²) in [6, 6.07) is -0.372. The van der Waals surface area contributed by atoms with Gasteiger partial charge >= 0.3 is 6.03 Å². The fourth-order valence-electron chi connectivity index (χ4n) is 2.86. The quantitative estimate of drug-likeness (QED) is 0.615. The van der Waals surface area contributed by atoms with Gasteiger partial charge in [0.25, 0.3) is 5.91 Å². The van der Waals surface area contributed by atoms with E-state index in [0.717, 1.165) is 25.9 Å². The highest BCUT2D eigenvalue weighted by Crippen LogP contribution is 2.17. The van der Waals surface area contributed by atoms with Crippen LogP contribution < -0.4 is 16.0 Å². The van der Waals surface area contributed by atoms with Crippen molar-refractivity contribution < 1.29 is 14.4 Å². The highest BCUT2D eigenvalue weighted by atomic mass is 35.5. The maximum Gasteiger partial charge on any atom is 0.325 e. The Morgan fingerprint density at radius 2 is 2.13 bits per heavy atom. The number of piperidine rings is 1. The molecule has 0 radical (unpaired) electrons. The Hall–Kier alpha value is -1.34.